The van der Waals surface area contributed by atoms with Gasteiger partial charge in [-0.15, -0.1) is 0 Å². The van der Waals surface area contributed by atoms with Crippen molar-refractivity contribution in [2.45, 2.75) is 46.1 Å². The summed E-state index contributed by atoms with van der Waals surface area (Å²) in [7, 11) is 0. The zero-order valence-corrected chi connectivity index (χ0v) is 13.1. The molecule has 0 saturated heterocycles. The molecular weight excluding hydrogens is 260 g/mol. The van der Waals surface area contributed by atoms with Crippen LogP contribution in [0.5, 0.6) is 0 Å². The summed E-state index contributed by atoms with van der Waals surface area (Å²) < 4.78 is 0. The fraction of sp³-hybridized carbons (Fsp3) is 0.500. The van der Waals surface area contributed by atoms with Gasteiger partial charge in [-0.1, -0.05) is 38.3 Å². The van der Waals surface area contributed by atoms with E-state index in [-0.39, 0.29) is 5.91 Å². The van der Waals surface area contributed by atoms with E-state index in [0.717, 1.165) is 17.3 Å². The number of amides is 1. The van der Waals surface area contributed by atoms with Gasteiger partial charge in [-0.2, -0.15) is 0 Å². The third kappa shape index (κ3) is 2.82. The molecule has 1 saturated carbocycles. The Morgan fingerprint density at radius 3 is 2.86 bits per heavy atom. The van der Waals surface area contributed by atoms with Crippen LogP contribution in [0, 0.1) is 18.8 Å². The third-order valence-electron chi connectivity index (χ3n) is 5.04. The van der Waals surface area contributed by atoms with E-state index in [1.54, 1.807) is 0 Å². The molecule has 1 aromatic heterocycles. The van der Waals surface area contributed by atoms with Gasteiger partial charge >= 0.3 is 0 Å². The summed E-state index contributed by atoms with van der Waals surface area (Å²) in [4.78, 5) is 15.7. The van der Waals surface area contributed by atoms with Gasteiger partial charge in [0.05, 0.1) is 0 Å². The molecule has 0 bridgehead atoms. The van der Waals surface area contributed by atoms with Crippen LogP contribution in [0.2, 0.25) is 0 Å². The van der Waals surface area contributed by atoms with Crippen LogP contribution in [0.25, 0.3) is 10.9 Å². The number of carbonyl (C=O) groups is 1. The van der Waals surface area contributed by atoms with Crippen molar-refractivity contribution in [1.29, 1.82) is 0 Å². The second kappa shape index (κ2) is 5.55. The minimum absolute atomic E-state index is 0.0230. The number of H-pyrrole nitrogens is 1. The number of aryl methyl sites for hydroxylation is 1. The van der Waals surface area contributed by atoms with E-state index < -0.39 is 0 Å². The van der Waals surface area contributed by atoms with Gasteiger partial charge in [0.2, 0.25) is 0 Å². The molecule has 0 unspecified atom stereocenters. The summed E-state index contributed by atoms with van der Waals surface area (Å²) in [5, 5.41) is 4.32. The monoisotopic (exact) mass is 284 g/mol. The van der Waals surface area contributed by atoms with Gasteiger partial charge in [0.25, 0.3) is 5.91 Å². The zero-order chi connectivity index (χ0) is 15.0. The highest BCUT2D eigenvalue weighted by atomic mass is 16.1. The Morgan fingerprint density at radius 2 is 2.05 bits per heavy atom. The van der Waals surface area contributed by atoms with Crippen LogP contribution in [-0.4, -0.2) is 16.9 Å². The van der Waals surface area contributed by atoms with Crippen molar-refractivity contribution in [3.8, 4) is 0 Å². The van der Waals surface area contributed by atoms with Gasteiger partial charge < -0.3 is 10.3 Å². The molecule has 3 rings (SSSR count). The number of hydrogen-bond donors (Lipinski definition) is 2. The summed E-state index contributed by atoms with van der Waals surface area (Å²) in [5.74, 6) is 1.26. The van der Waals surface area contributed by atoms with Gasteiger partial charge in [-0.3, -0.25) is 4.79 Å². The van der Waals surface area contributed by atoms with Crippen LogP contribution >= 0.6 is 0 Å². The molecule has 0 radical (unpaired) electrons. The Balaban J connectivity index is 1.77. The number of aromatic nitrogens is 1. The average molecular weight is 284 g/mol. The van der Waals surface area contributed by atoms with Crippen molar-refractivity contribution in [3.63, 3.8) is 0 Å². The Hall–Kier alpha value is -1.77. The van der Waals surface area contributed by atoms with Crippen LogP contribution in [-0.2, 0) is 0 Å². The summed E-state index contributed by atoms with van der Waals surface area (Å²) in [5.41, 5.74) is 2.90. The summed E-state index contributed by atoms with van der Waals surface area (Å²) in [6.07, 6.45) is 3.58. The van der Waals surface area contributed by atoms with Crippen LogP contribution in [0.4, 0.5) is 0 Å². The van der Waals surface area contributed by atoms with E-state index in [4.69, 9.17) is 0 Å². The smallest absolute Gasteiger partial charge is 0.267 e. The molecule has 0 aliphatic heterocycles. The predicted molar refractivity (Wildman–Crippen MR) is 86.5 cm³/mol. The number of carbonyl (C=O) groups excluding carboxylic acids is 1. The minimum atomic E-state index is 0.0230. The van der Waals surface area contributed by atoms with Crippen LogP contribution in [0.1, 0.15) is 49.2 Å². The van der Waals surface area contributed by atoms with Crippen LogP contribution < -0.4 is 5.32 Å². The maximum atomic E-state index is 12.5. The topological polar surface area (TPSA) is 44.9 Å². The molecule has 112 valence electrons. The fourth-order valence-corrected chi connectivity index (χ4v) is 3.41. The van der Waals surface area contributed by atoms with Crippen LogP contribution in [0.15, 0.2) is 24.3 Å². The molecule has 1 aliphatic rings. The molecule has 1 aromatic carbocycles. The number of benzene rings is 1. The molecule has 3 nitrogen and oxygen atoms in total. The number of rotatable bonds is 2. The van der Waals surface area contributed by atoms with E-state index in [0.29, 0.717) is 23.6 Å². The Morgan fingerprint density at radius 1 is 1.24 bits per heavy atom. The van der Waals surface area contributed by atoms with E-state index in [2.05, 4.69) is 43.2 Å². The Labute approximate surface area is 126 Å². The summed E-state index contributed by atoms with van der Waals surface area (Å²) >= 11 is 0. The first-order valence-corrected chi connectivity index (χ1v) is 7.95. The maximum absolute atomic E-state index is 12.5. The van der Waals surface area contributed by atoms with Gasteiger partial charge in [-0.25, -0.2) is 0 Å². The first-order valence-electron chi connectivity index (χ1n) is 7.95. The lowest BCUT2D eigenvalue weighted by Gasteiger charge is -2.34. The average Bonchev–Trinajstić information content (AvgIpc) is 2.87. The quantitative estimate of drug-likeness (QED) is 0.859. The lowest BCUT2D eigenvalue weighted by molar-refractivity contribution is 0.0887. The molecule has 2 N–H and O–H groups in total. The fourth-order valence-electron chi connectivity index (χ4n) is 3.41. The van der Waals surface area contributed by atoms with Crippen molar-refractivity contribution in [3.05, 3.63) is 35.5 Å². The minimum Gasteiger partial charge on any atom is -0.351 e. The Bertz CT molecular complexity index is 658. The highest BCUT2D eigenvalue weighted by Gasteiger charge is 2.28. The van der Waals surface area contributed by atoms with Crippen molar-refractivity contribution in [2.24, 2.45) is 11.8 Å². The van der Waals surface area contributed by atoms with E-state index >= 15 is 0 Å². The van der Waals surface area contributed by atoms with Gasteiger partial charge in [0, 0.05) is 16.9 Å². The molecule has 1 heterocycles. The zero-order valence-electron chi connectivity index (χ0n) is 13.1. The van der Waals surface area contributed by atoms with Crippen molar-refractivity contribution >= 4 is 16.8 Å². The van der Waals surface area contributed by atoms with E-state index in [1.165, 1.54) is 18.4 Å². The number of fused-ring (bicyclic) bond motifs is 1. The van der Waals surface area contributed by atoms with Gasteiger partial charge in [0.1, 0.15) is 5.69 Å². The van der Waals surface area contributed by atoms with Crippen molar-refractivity contribution < 1.29 is 4.79 Å². The number of aromatic amines is 1. The number of nitrogens with one attached hydrogen (secondary N) is 2. The SMILES string of the molecule is Cc1ccc2[nH]c(C(=O)N[C@H]3CCC[C@@H](C)[C@@H]3C)cc2c1. The molecule has 0 spiro atoms. The van der Waals surface area contributed by atoms with E-state index in [9.17, 15) is 4.79 Å². The van der Waals surface area contributed by atoms with Gasteiger partial charge in [0.15, 0.2) is 0 Å². The second-order valence-corrected chi connectivity index (χ2v) is 6.62. The summed E-state index contributed by atoms with van der Waals surface area (Å²) in [6.45, 7) is 6.61. The summed E-state index contributed by atoms with van der Waals surface area (Å²) in [6, 6.07) is 8.45. The molecule has 3 atom stereocenters. The lowest BCUT2D eigenvalue weighted by atomic mass is 9.78. The van der Waals surface area contributed by atoms with Crippen LogP contribution in [0.3, 0.4) is 0 Å². The molecule has 1 fully saturated rings. The molecule has 2 aromatic rings. The first-order chi connectivity index (χ1) is 10.0. The normalized spacial score (nSPS) is 26.0. The van der Waals surface area contributed by atoms with Gasteiger partial charge in [-0.05, 0) is 43.4 Å². The lowest BCUT2D eigenvalue weighted by Crippen LogP contribution is -2.43. The molecule has 1 amide bonds. The predicted octanol–water partition coefficient (Wildman–Crippen LogP) is 4.03. The highest BCUT2D eigenvalue weighted by molar-refractivity contribution is 5.98. The third-order valence-corrected chi connectivity index (χ3v) is 5.04. The Kier molecular flexibility index (Phi) is 3.75. The molecule has 21 heavy (non-hydrogen) atoms. The largest absolute Gasteiger partial charge is 0.351 e. The second-order valence-electron chi connectivity index (χ2n) is 6.62. The molecule has 1 aliphatic carbocycles. The van der Waals surface area contributed by atoms with Crippen molar-refractivity contribution in [1.82, 2.24) is 10.3 Å². The molecule has 3 heteroatoms. The first kappa shape index (κ1) is 14.2. The van der Waals surface area contributed by atoms with E-state index in [1.807, 2.05) is 12.1 Å². The van der Waals surface area contributed by atoms with Crippen molar-refractivity contribution in [2.75, 3.05) is 0 Å². The molecular formula is C18H24N2O. The highest BCUT2D eigenvalue weighted by Crippen LogP contribution is 2.29. The number of hydrogen-bond acceptors (Lipinski definition) is 1. The standard InChI is InChI=1S/C18H24N2O/c1-11-7-8-16-14(9-11)10-17(19-16)18(21)20-15-6-4-5-12(2)13(15)3/h7-10,12-13,15,19H,4-6H2,1-3H3,(H,20,21)/t12-,13+,15+/m1/s1. The maximum Gasteiger partial charge on any atom is 0.267 e.